The van der Waals surface area contributed by atoms with Crippen LogP contribution < -0.4 is 15.4 Å². The number of rotatable bonds is 15. The zero-order chi connectivity index (χ0) is 28.1. The van der Waals surface area contributed by atoms with Crippen LogP contribution in [0.1, 0.15) is 69.6 Å². The number of benzene rings is 2. The molecule has 2 unspecified atom stereocenters. The molecule has 0 radical (unpaired) electrons. The van der Waals surface area contributed by atoms with Gasteiger partial charge in [0, 0.05) is 36.6 Å². The van der Waals surface area contributed by atoms with Gasteiger partial charge in [0.05, 0.1) is 27.7 Å². The Bertz CT molecular complexity index is 1030. The third-order valence-corrected chi connectivity index (χ3v) is 6.87. The summed E-state index contributed by atoms with van der Waals surface area (Å²) < 4.78 is 6.00. The SMILES string of the molecule is CCC(CC(C)c1ccc(C[N+](C)(C)CCCNC(=O)/C=C/c2ccc(OC)cc2)cc1)C(=O)NC(C)C. The number of nitrogens with zero attached hydrogens (tertiary/aromatic N) is 1. The Kier molecular flexibility index (Phi) is 12.5. The third-order valence-electron chi connectivity index (χ3n) is 6.87. The van der Waals surface area contributed by atoms with Crippen molar-refractivity contribution in [2.24, 2.45) is 5.92 Å². The van der Waals surface area contributed by atoms with Gasteiger partial charge in [-0.2, -0.15) is 0 Å². The van der Waals surface area contributed by atoms with Crippen LogP contribution in [0.15, 0.2) is 54.6 Å². The number of quaternary nitrogens is 1. The van der Waals surface area contributed by atoms with Crippen molar-refractivity contribution < 1.29 is 18.8 Å². The van der Waals surface area contributed by atoms with Crippen molar-refractivity contribution in [3.8, 4) is 5.75 Å². The minimum Gasteiger partial charge on any atom is -0.497 e. The molecule has 2 amide bonds. The van der Waals surface area contributed by atoms with E-state index in [1.165, 1.54) is 11.1 Å². The molecule has 0 spiro atoms. The first-order valence-corrected chi connectivity index (χ1v) is 13.8. The highest BCUT2D eigenvalue weighted by molar-refractivity contribution is 5.91. The Hall–Kier alpha value is -3.12. The van der Waals surface area contributed by atoms with Gasteiger partial charge < -0.3 is 19.9 Å². The number of nitrogens with one attached hydrogen (secondary N) is 2. The lowest BCUT2D eigenvalue weighted by Crippen LogP contribution is -2.41. The Labute approximate surface area is 230 Å². The van der Waals surface area contributed by atoms with Gasteiger partial charge in [-0.05, 0) is 61.9 Å². The number of carbonyl (C=O) groups is 2. The van der Waals surface area contributed by atoms with Crippen molar-refractivity contribution in [3.05, 3.63) is 71.3 Å². The molecule has 0 heterocycles. The topological polar surface area (TPSA) is 67.4 Å². The summed E-state index contributed by atoms with van der Waals surface area (Å²) in [6, 6.07) is 16.6. The molecule has 0 aliphatic rings. The third kappa shape index (κ3) is 11.1. The second-order valence-electron chi connectivity index (χ2n) is 11.2. The minimum absolute atomic E-state index is 0.0427. The van der Waals surface area contributed by atoms with Gasteiger partial charge >= 0.3 is 0 Å². The molecule has 2 atom stereocenters. The zero-order valence-electron chi connectivity index (χ0n) is 24.4. The molecule has 208 valence electrons. The van der Waals surface area contributed by atoms with Crippen LogP contribution in [-0.4, -0.2) is 56.6 Å². The fourth-order valence-corrected chi connectivity index (χ4v) is 4.61. The van der Waals surface area contributed by atoms with Crippen LogP contribution in [0.5, 0.6) is 5.75 Å². The summed E-state index contributed by atoms with van der Waals surface area (Å²) in [4.78, 5) is 24.6. The predicted octanol–water partition coefficient (Wildman–Crippen LogP) is 5.54. The van der Waals surface area contributed by atoms with E-state index >= 15 is 0 Å². The lowest BCUT2D eigenvalue weighted by atomic mass is 9.88. The van der Waals surface area contributed by atoms with E-state index in [4.69, 9.17) is 4.74 Å². The number of amides is 2. The largest absolute Gasteiger partial charge is 0.497 e. The molecule has 0 saturated carbocycles. The normalized spacial score (nSPS) is 13.4. The average molecular weight is 523 g/mol. The number of methoxy groups -OCH3 is 1. The summed E-state index contributed by atoms with van der Waals surface area (Å²) in [6.45, 7) is 10.8. The lowest BCUT2D eigenvalue weighted by molar-refractivity contribution is -0.903. The number of ether oxygens (including phenoxy) is 1. The predicted molar refractivity (Wildman–Crippen MR) is 157 cm³/mol. The van der Waals surface area contributed by atoms with Crippen LogP contribution in [0.25, 0.3) is 6.08 Å². The summed E-state index contributed by atoms with van der Waals surface area (Å²) in [6.07, 6.45) is 6.00. The maximum Gasteiger partial charge on any atom is 0.244 e. The molecular weight excluding hydrogens is 474 g/mol. The molecule has 2 rings (SSSR count). The Morgan fingerprint density at radius 2 is 1.66 bits per heavy atom. The van der Waals surface area contributed by atoms with E-state index in [1.54, 1.807) is 13.2 Å². The first kappa shape index (κ1) is 31.1. The highest BCUT2D eigenvalue weighted by Crippen LogP contribution is 2.26. The maximum absolute atomic E-state index is 12.5. The summed E-state index contributed by atoms with van der Waals surface area (Å²) in [5.74, 6) is 1.25. The van der Waals surface area contributed by atoms with Crippen LogP contribution in [0.4, 0.5) is 0 Å². The monoisotopic (exact) mass is 522 g/mol. The molecule has 0 aliphatic heterocycles. The van der Waals surface area contributed by atoms with E-state index in [1.807, 2.05) is 44.2 Å². The molecule has 0 aromatic heterocycles. The zero-order valence-corrected chi connectivity index (χ0v) is 24.4. The molecule has 2 aromatic carbocycles. The Morgan fingerprint density at radius 1 is 1.00 bits per heavy atom. The van der Waals surface area contributed by atoms with E-state index in [0.717, 1.165) is 48.1 Å². The smallest absolute Gasteiger partial charge is 0.244 e. The lowest BCUT2D eigenvalue weighted by Gasteiger charge is -2.30. The minimum atomic E-state index is -0.0807. The first-order chi connectivity index (χ1) is 18.0. The van der Waals surface area contributed by atoms with E-state index < -0.39 is 0 Å². The number of carbonyl (C=O) groups excluding carboxylic acids is 2. The van der Waals surface area contributed by atoms with Crippen molar-refractivity contribution in [2.75, 3.05) is 34.3 Å². The Balaban J connectivity index is 1.77. The molecule has 2 N–H and O–H groups in total. The van der Waals surface area contributed by atoms with Gasteiger partial charge in [-0.15, -0.1) is 0 Å². The number of hydrogen-bond donors (Lipinski definition) is 2. The van der Waals surface area contributed by atoms with E-state index in [-0.39, 0.29) is 23.8 Å². The van der Waals surface area contributed by atoms with Gasteiger partial charge in [-0.3, -0.25) is 9.59 Å². The Morgan fingerprint density at radius 3 is 2.24 bits per heavy atom. The fourth-order valence-electron chi connectivity index (χ4n) is 4.61. The van der Waals surface area contributed by atoms with Crippen molar-refractivity contribution in [3.63, 3.8) is 0 Å². The second kappa shape index (κ2) is 15.3. The molecule has 0 aliphatic carbocycles. The number of hydrogen-bond acceptors (Lipinski definition) is 3. The highest BCUT2D eigenvalue weighted by atomic mass is 16.5. The molecule has 0 fully saturated rings. The van der Waals surface area contributed by atoms with Crippen LogP contribution in [0.3, 0.4) is 0 Å². The van der Waals surface area contributed by atoms with Crippen molar-refractivity contribution in [1.29, 1.82) is 0 Å². The maximum atomic E-state index is 12.5. The van der Waals surface area contributed by atoms with Gasteiger partial charge in [0.2, 0.25) is 11.8 Å². The molecule has 2 aromatic rings. The summed E-state index contributed by atoms with van der Waals surface area (Å²) in [7, 11) is 6.08. The van der Waals surface area contributed by atoms with Gasteiger partial charge in [-0.1, -0.05) is 50.2 Å². The molecule has 38 heavy (non-hydrogen) atoms. The van der Waals surface area contributed by atoms with Crippen molar-refractivity contribution >= 4 is 17.9 Å². The van der Waals surface area contributed by atoms with Crippen LogP contribution in [0.2, 0.25) is 0 Å². The average Bonchev–Trinajstić information content (AvgIpc) is 2.88. The molecule has 0 saturated heterocycles. The van der Waals surface area contributed by atoms with E-state index in [0.29, 0.717) is 12.5 Å². The second-order valence-corrected chi connectivity index (χ2v) is 11.2. The first-order valence-electron chi connectivity index (χ1n) is 13.8. The fraction of sp³-hybridized carbons (Fsp3) is 0.500. The summed E-state index contributed by atoms with van der Waals surface area (Å²) in [5.41, 5.74) is 3.53. The van der Waals surface area contributed by atoms with Crippen LogP contribution >= 0.6 is 0 Å². The molecule has 6 nitrogen and oxygen atoms in total. The van der Waals surface area contributed by atoms with Crippen molar-refractivity contribution in [2.45, 2.75) is 65.5 Å². The summed E-state index contributed by atoms with van der Waals surface area (Å²) in [5, 5.41) is 6.04. The van der Waals surface area contributed by atoms with Crippen molar-refractivity contribution in [1.82, 2.24) is 10.6 Å². The van der Waals surface area contributed by atoms with E-state index in [9.17, 15) is 9.59 Å². The van der Waals surface area contributed by atoms with Gasteiger partial charge in [0.15, 0.2) is 0 Å². The van der Waals surface area contributed by atoms with Gasteiger partial charge in [-0.25, -0.2) is 0 Å². The summed E-state index contributed by atoms with van der Waals surface area (Å²) >= 11 is 0. The standard InChI is InChI=1S/C32H47N3O3/c1-8-28(32(37)34-24(2)3)22-25(4)29-15-10-27(11-16-29)23-35(5,6)21-9-20-33-31(36)19-14-26-12-17-30(38-7)18-13-26/h10-19,24-25,28H,8-9,20-23H2,1-7H3,(H-,33,34,36,37)/p+1/b19-14+. The highest BCUT2D eigenvalue weighted by Gasteiger charge is 2.21. The van der Waals surface area contributed by atoms with Gasteiger partial charge in [0.1, 0.15) is 12.3 Å². The van der Waals surface area contributed by atoms with Crippen LogP contribution in [0, 0.1) is 5.92 Å². The quantitative estimate of drug-likeness (QED) is 0.183. The molecule has 6 heteroatoms. The van der Waals surface area contributed by atoms with E-state index in [2.05, 4.69) is 62.8 Å². The molecule has 0 bridgehead atoms. The molecular formula is C32H48N3O3+. The van der Waals surface area contributed by atoms with Crippen LogP contribution in [-0.2, 0) is 16.1 Å². The van der Waals surface area contributed by atoms with Gasteiger partial charge in [0.25, 0.3) is 0 Å².